The van der Waals surface area contributed by atoms with Gasteiger partial charge < -0.3 is 28.8 Å². The van der Waals surface area contributed by atoms with Gasteiger partial charge in [-0.1, -0.05) is 0 Å². The number of aliphatic hydroxyl groups excluding tert-OH is 1. The van der Waals surface area contributed by atoms with Crippen LogP contribution < -0.4 is 0 Å². The highest BCUT2D eigenvalue weighted by atomic mass is 16.8. The molecule has 2 heterocycles. The first-order valence-corrected chi connectivity index (χ1v) is 6.20. The van der Waals surface area contributed by atoms with E-state index in [0.29, 0.717) is 0 Å². The molecule has 2 aliphatic heterocycles. The van der Waals surface area contributed by atoms with Crippen molar-refractivity contribution in [2.24, 2.45) is 0 Å². The zero-order chi connectivity index (χ0) is 14.2. The lowest BCUT2D eigenvalue weighted by Crippen LogP contribution is -2.59. The van der Waals surface area contributed by atoms with Crippen molar-refractivity contribution in [1.29, 1.82) is 0 Å². The Labute approximate surface area is 111 Å². The second-order valence-electron chi connectivity index (χ2n) is 5.10. The minimum atomic E-state index is -0.826. The van der Waals surface area contributed by atoms with Crippen molar-refractivity contribution in [1.82, 2.24) is 0 Å². The second-order valence-corrected chi connectivity index (χ2v) is 5.10. The number of hydrogen-bond acceptors (Lipinski definition) is 7. The number of carbonyl (C=O) groups excluding carboxylic acids is 1. The molecule has 0 saturated carbocycles. The van der Waals surface area contributed by atoms with Crippen LogP contribution in [0.4, 0.5) is 0 Å². The highest BCUT2D eigenvalue weighted by Crippen LogP contribution is 2.38. The fourth-order valence-corrected chi connectivity index (χ4v) is 2.49. The Bertz CT molecular complexity index is 343. The van der Waals surface area contributed by atoms with Crippen molar-refractivity contribution in [3.8, 4) is 0 Å². The highest BCUT2D eigenvalue weighted by Gasteiger charge is 2.56. The minimum absolute atomic E-state index is 0.229. The molecule has 0 aliphatic carbocycles. The molecule has 2 fully saturated rings. The van der Waals surface area contributed by atoms with Crippen LogP contribution in [-0.2, 0) is 28.5 Å². The molecule has 0 spiro atoms. The van der Waals surface area contributed by atoms with Crippen LogP contribution in [-0.4, -0.2) is 61.3 Å². The van der Waals surface area contributed by atoms with E-state index in [1.54, 1.807) is 13.8 Å². The van der Waals surface area contributed by atoms with Crippen molar-refractivity contribution >= 4 is 5.97 Å². The summed E-state index contributed by atoms with van der Waals surface area (Å²) in [5, 5.41) is 9.37. The van der Waals surface area contributed by atoms with Crippen molar-refractivity contribution in [2.75, 3.05) is 13.7 Å². The molecule has 5 atom stereocenters. The Morgan fingerprint density at radius 3 is 2.47 bits per heavy atom. The second kappa shape index (κ2) is 5.34. The number of ether oxygens (including phenoxy) is 5. The molecule has 19 heavy (non-hydrogen) atoms. The molecule has 7 nitrogen and oxygen atoms in total. The van der Waals surface area contributed by atoms with Crippen LogP contribution in [0.15, 0.2) is 0 Å². The highest BCUT2D eigenvalue weighted by molar-refractivity contribution is 5.66. The van der Waals surface area contributed by atoms with Gasteiger partial charge in [0.1, 0.15) is 18.3 Å². The average molecular weight is 276 g/mol. The predicted octanol–water partition coefficient (Wildman–Crippen LogP) is -0.198. The molecule has 110 valence electrons. The lowest BCUT2D eigenvalue weighted by atomic mass is 9.99. The maximum absolute atomic E-state index is 11.2. The van der Waals surface area contributed by atoms with Gasteiger partial charge >= 0.3 is 5.97 Å². The fourth-order valence-electron chi connectivity index (χ4n) is 2.49. The summed E-state index contributed by atoms with van der Waals surface area (Å²) in [5.41, 5.74) is 0. The number of rotatable bonds is 3. The maximum atomic E-state index is 11.2. The van der Waals surface area contributed by atoms with E-state index in [1.807, 2.05) is 0 Å². The van der Waals surface area contributed by atoms with Gasteiger partial charge in [0.2, 0.25) is 0 Å². The lowest BCUT2D eigenvalue weighted by Gasteiger charge is -2.40. The third-order valence-corrected chi connectivity index (χ3v) is 3.15. The van der Waals surface area contributed by atoms with Gasteiger partial charge in [0, 0.05) is 14.0 Å². The van der Waals surface area contributed by atoms with E-state index in [2.05, 4.69) is 0 Å². The summed E-state index contributed by atoms with van der Waals surface area (Å²) in [6.45, 7) is 4.59. The summed E-state index contributed by atoms with van der Waals surface area (Å²) in [4.78, 5) is 11.2. The molecule has 2 saturated heterocycles. The van der Waals surface area contributed by atoms with Gasteiger partial charge in [-0.15, -0.1) is 0 Å². The Morgan fingerprint density at radius 2 is 1.95 bits per heavy atom. The number of fused-ring (bicyclic) bond motifs is 1. The molecule has 0 unspecified atom stereocenters. The quantitative estimate of drug-likeness (QED) is 0.715. The Kier molecular flexibility index (Phi) is 4.12. The monoisotopic (exact) mass is 276 g/mol. The zero-order valence-electron chi connectivity index (χ0n) is 11.5. The van der Waals surface area contributed by atoms with E-state index in [4.69, 9.17) is 23.7 Å². The molecule has 0 radical (unpaired) electrons. The molecule has 0 aromatic rings. The number of methoxy groups -OCH3 is 1. The smallest absolute Gasteiger partial charge is 0.303 e. The average Bonchev–Trinajstić information content (AvgIpc) is 2.64. The first-order valence-electron chi connectivity index (χ1n) is 6.20. The maximum Gasteiger partial charge on any atom is 0.303 e. The Balaban J connectivity index is 2.23. The summed E-state index contributed by atoms with van der Waals surface area (Å²) < 4.78 is 27.4. The molecular weight excluding hydrogens is 256 g/mol. The Morgan fingerprint density at radius 1 is 1.32 bits per heavy atom. The van der Waals surface area contributed by atoms with Crippen molar-refractivity contribution < 1.29 is 33.6 Å². The SMILES string of the molecule is CO[C@H]1O[C@H](CO)[C@@H]2OC(C)(C)O[C@@H]2[C@H]1OC(C)=O. The first kappa shape index (κ1) is 14.7. The van der Waals surface area contributed by atoms with Crippen molar-refractivity contribution in [3.63, 3.8) is 0 Å². The van der Waals surface area contributed by atoms with Crippen molar-refractivity contribution in [3.05, 3.63) is 0 Å². The predicted molar refractivity (Wildman–Crippen MR) is 62.1 cm³/mol. The Hall–Kier alpha value is -0.730. The van der Waals surface area contributed by atoms with E-state index in [9.17, 15) is 9.90 Å². The summed E-state index contributed by atoms with van der Waals surface area (Å²) in [6.07, 6.45) is -3.13. The largest absolute Gasteiger partial charge is 0.454 e. The van der Waals surface area contributed by atoms with Crippen LogP contribution >= 0.6 is 0 Å². The molecule has 0 aromatic carbocycles. The van der Waals surface area contributed by atoms with Crippen LogP contribution in [0.3, 0.4) is 0 Å². The summed E-state index contributed by atoms with van der Waals surface area (Å²) in [7, 11) is 1.44. The molecule has 0 bridgehead atoms. The third kappa shape index (κ3) is 2.90. The van der Waals surface area contributed by atoms with Crippen LogP contribution in [0.1, 0.15) is 20.8 Å². The number of carbonyl (C=O) groups is 1. The van der Waals surface area contributed by atoms with Crippen LogP contribution in [0.25, 0.3) is 0 Å². The standard InChI is InChI=1S/C12H20O7/c1-6(14)16-10-9-8(18-12(2,3)19-9)7(5-13)17-11(10)15-4/h7-11,13H,5H2,1-4H3/t7-,8+,9+,10-,11+/m1/s1. The first-order chi connectivity index (χ1) is 8.88. The third-order valence-electron chi connectivity index (χ3n) is 3.15. The van der Waals surface area contributed by atoms with E-state index >= 15 is 0 Å². The fraction of sp³-hybridized carbons (Fsp3) is 0.917. The van der Waals surface area contributed by atoms with Crippen molar-refractivity contribution in [2.45, 2.75) is 57.3 Å². The van der Waals surface area contributed by atoms with Gasteiger partial charge in [0.25, 0.3) is 0 Å². The molecule has 7 heteroatoms. The van der Waals surface area contributed by atoms with Crippen LogP contribution in [0.5, 0.6) is 0 Å². The number of aliphatic hydroxyl groups is 1. The molecule has 0 aromatic heterocycles. The zero-order valence-corrected chi connectivity index (χ0v) is 11.5. The van der Waals surface area contributed by atoms with E-state index in [-0.39, 0.29) is 6.61 Å². The number of esters is 1. The van der Waals surface area contributed by atoms with Gasteiger partial charge in [-0.05, 0) is 13.8 Å². The number of hydrogen-bond donors (Lipinski definition) is 1. The molecule has 0 amide bonds. The summed E-state index contributed by atoms with van der Waals surface area (Å²) in [6, 6.07) is 0. The van der Waals surface area contributed by atoms with Gasteiger partial charge in [-0.2, -0.15) is 0 Å². The summed E-state index contributed by atoms with van der Waals surface area (Å²) in [5.74, 6) is -1.28. The lowest BCUT2D eigenvalue weighted by molar-refractivity contribution is -0.278. The normalized spacial score (nSPS) is 40.8. The van der Waals surface area contributed by atoms with Crippen LogP contribution in [0, 0.1) is 0 Å². The van der Waals surface area contributed by atoms with Crippen LogP contribution in [0.2, 0.25) is 0 Å². The molecule has 1 N–H and O–H groups in total. The van der Waals surface area contributed by atoms with Gasteiger partial charge in [0.05, 0.1) is 6.61 Å². The van der Waals surface area contributed by atoms with Gasteiger partial charge in [-0.25, -0.2) is 0 Å². The molecule has 2 aliphatic rings. The van der Waals surface area contributed by atoms with Gasteiger partial charge in [0.15, 0.2) is 18.2 Å². The minimum Gasteiger partial charge on any atom is -0.454 e. The topological polar surface area (TPSA) is 83.5 Å². The van der Waals surface area contributed by atoms with E-state index < -0.39 is 42.5 Å². The summed E-state index contributed by atoms with van der Waals surface area (Å²) >= 11 is 0. The van der Waals surface area contributed by atoms with E-state index in [0.717, 1.165) is 0 Å². The van der Waals surface area contributed by atoms with Gasteiger partial charge in [-0.3, -0.25) is 4.79 Å². The van der Waals surface area contributed by atoms with E-state index in [1.165, 1.54) is 14.0 Å². The molecule has 2 rings (SSSR count). The molecular formula is C12H20O7.